The van der Waals surface area contributed by atoms with Gasteiger partial charge < -0.3 is 14.9 Å². The Labute approximate surface area is 90.8 Å². The van der Waals surface area contributed by atoms with Crippen molar-refractivity contribution in [2.45, 2.75) is 51.3 Å². The van der Waals surface area contributed by atoms with E-state index in [-0.39, 0.29) is 17.5 Å². The van der Waals surface area contributed by atoms with E-state index in [9.17, 15) is 10.2 Å². The fraction of sp³-hybridized carbons (Fsp3) is 1.00. The molecule has 3 nitrogen and oxygen atoms in total. The molecule has 0 bridgehead atoms. The van der Waals surface area contributed by atoms with E-state index in [1.54, 1.807) is 18.7 Å². The van der Waals surface area contributed by atoms with Crippen LogP contribution in [-0.4, -0.2) is 46.1 Å². The van der Waals surface area contributed by atoms with E-state index < -0.39 is 6.10 Å². The summed E-state index contributed by atoms with van der Waals surface area (Å²) < 4.78 is 5.27. The average molecular weight is 222 g/mol. The molecule has 3 unspecified atom stereocenters. The van der Waals surface area contributed by atoms with Crippen LogP contribution in [0, 0.1) is 0 Å². The summed E-state index contributed by atoms with van der Waals surface area (Å²) in [5.74, 6) is 0.610. The summed E-state index contributed by atoms with van der Waals surface area (Å²) in [5, 5.41) is 18.9. The van der Waals surface area contributed by atoms with Gasteiger partial charge in [0, 0.05) is 11.0 Å². The highest BCUT2D eigenvalue weighted by Gasteiger charge is 2.12. The van der Waals surface area contributed by atoms with Crippen LogP contribution in [0.1, 0.15) is 27.7 Å². The topological polar surface area (TPSA) is 49.7 Å². The predicted octanol–water partition coefficient (Wildman–Crippen LogP) is 1.27. The Morgan fingerprint density at radius 3 is 2.14 bits per heavy atom. The molecule has 0 saturated carbocycles. The molecule has 0 radical (unpaired) electrons. The first-order valence-electron chi connectivity index (χ1n) is 5.02. The van der Waals surface area contributed by atoms with Gasteiger partial charge in [-0.1, -0.05) is 6.92 Å². The van der Waals surface area contributed by atoms with Gasteiger partial charge in [0.05, 0.1) is 24.9 Å². The third-order valence-corrected chi connectivity index (χ3v) is 3.35. The maximum atomic E-state index is 9.50. The zero-order valence-corrected chi connectivity index (χ0v) is 10.3. The second kappa shape index (κ2) is 7.51. The molecule has 0 aromatic carbocycles. The van der Waals surface area contributed by atoms with Crippen molar-refractivity contribution >= 4 is 11.8 Å². The molecule has 0 aliphatic carbocycles. The normalized spacial score (nSPS) is 18.2. The number of aliphatic hydroxyl groups excluding tert-OH is 2. The summed E-state index contributed by atoms with van der Waals surface area (Å²) in [4.78, 5) is 0. The minimum atomic E-state index is -0.441. The van der Waals surface area contributed by atoms with Gasteiger partial charge in [-0.25, -0.2) is 0 Å². The van der Waals surface area contributed by atoms with Crippen LogP contribution < -0.4 is 0 Å². The molecule has 14 heavy (non-hydrogen) atoms. The summed E-state index contributed by atoms with van der Waals surface area (Å²) in [7, 11) is 0. The van der Waals surface area contributed by atoms with Crippen molar-refractivity contribution in [3.8, 4) is 0 Å². The van der Waals surface area contributed by atoms with E-state index in [1.165, 1.54) is 0 Å². The van der Waals surface area contributed by atoms with Crippen molar-refractivity contribution in [1.29, 1.82) is 0 Å². The Morgan fingerprint density at radius 1 is 1.14 bits per heavy atom. The van der Waals surface area contributed by atoms with Crippen LogP contribution in [0.3, 0.4) is 0 Å². The van der Waals surface area contributed by atoms with Crippen molar-refractivity contribution < 1.29 is 14.9 Å². The lowest BCUT2D eigenvalue weighted by atomic mass is 10.3. The number of thioether (sulfide) groups is 1. The van der Waals surface area contributed by atoms with Gasteiger partial charge in [0.2, 0.25) is 0 Å². The predicted molar refractivity (Wildman–Crippen MR) is 60.7 cm³/mol. The first-order chi connectivity index (χ1) is 6.43. The Bertz CT molecular complexity index is 139. The highest BCUT2D eigenvalue weighted by atomic mass is 32.2. The Morgan fingerprint density at radius 2 is 1.71 bits per heavy atom. The van der Waals surface area contributed by atoms with Crippen molar-refractivity contribution in [3.05, 3.63) is 0 Å². The molecule has 3 atom stereocenters. The second-order valence-corrected chi connectivity index (χ2v) is 5.23. The smallest absolute Gasteiger partial charge is 0.0864 e. The Balaban J connectivity index is 3.48. The number of hydrogen-bond acceptors (Lipinski definition) is 4. The van der Waals surface area contributed by atoms with Crippen LogP contribution in [0.25, 0.3) is 0 Å². The molecule has 0 aromatic heterocycles. The number of aliphatic hydroxyl groups is 2. The third-order valence-electron chi connectivity index (χ3n) is 1.85. The summed E-state index contributed by atoms with van der Waals surface area (Å²) in [6.07, 6.45) is -0.620. The van der Waals surface area contributed by atoms with Crippen LogP contribution in [0.15, 0.2) is 0 Å². The van der Waals surface area contributed by atoms with Crippen LogP contribution in [0.5, 0.6) is 0 Å². The zero-order valence-electron chi connectivity index (χ0n) is 9.43. The summed E-state index contributed by atoms with van der Waals surface area (Å²) in [5.41, 5.74) is 0. The number of ether oxygens (including phenoxy) is 1. The largest absolute Gasteiger partial charge is 0.392 e. The molecule has 0 aliphatic heterocycles. The molecule has 4 heteroatoms. The maximum Gasteiger partial charge on any atom is 0.0864 e. The first kappa shape index (κ1) is 14.2. The van der Waals surface area contributed by atoms with Crippen LogP contribution >= 0.6 is 11.8 Å². The molecular weight excluding hydrogens is 200 g/mol. The number of rotatable bonds is 7. The zero-order chi connectivity index (χ0) is 11.1. The van der Waals surface area contributed by atoms with Crippen molar-refractivity contribution in [1.82, 2.24) is 0 Å². The van der Waals surface area contributed by atoms with Gasteiger partial charge >= 0.3 is 0 Å². The monoisotopic (exact) mass is 222 g/mol. The Hall–Kier alpha value is 0.230. The standard InChI is InChI=1S/C10H22O3S/c1-7(2)13-5-10(12)6-14-9(4)8(3)11/h7-12H,5-6H2,1-4H3. The van der Waals surface area contributed by atoms with E-state index in [1.807, 2.05) is 20.8 Å². The SMILES string of the molecule is CC(C)OCC(O)CSC(C)C(C)O. The molecule has 0 saturated heterocycles. The summed E-state index contributed by atoms with van der Waals surface area (Å²) >= 11 is 1.56. The molecule has 0 spiro atoms. The minimum Gasteiger partial charge on any atom is -0.392 e. The average Bonchev–Trinajstić information content (AvgIpc) is 2.10. The summed E-state index contributed by atoms with van der Waals surface area (Å²) in [6, 6.07) is 0. The summed E-state index contributed by atoms with van der Waals surface area (Å²) in [6.45, 7) is 7.97. The highest BCUT2D eigenvalue weighted by Crippen LogP contribution is 2.15. The van der Waals surface area contributed by atoms with E-state index >= 15 is 0 Å². The second-order valence-electron chi connectivity index (χ2n) is 3.81. The van der Waals surface area contributed by atoms with Crippen LogP contribution in [0.4, 0.5) is 0 Å². The maximum absolute atomic E-state index is 9.50. The lowest BCUT2D eigenvalue weighted by molar-refractivity contribution is 0.0151. The van der Waals surface area contributed by atoms with E-state index in [2.05, 4.69) is 0 Å². The molecule has 0 fully saturated rings. The van der Waals surface area contributed by atoms with Gasteiger partial charge in [0.25, 0.3) is 0 Å². The molecule has 0 heterocycles. The lowest BCUT2D eigenvalue weighted by Gasteiger charge is -2.17. The van der Waals surface area contributed by atoms with Gasteiger partial charge in [0.1, 0.15) is 0 Å². The van der Waals surface area contributed by atoms with Crippen molar-refractivity contribution in [3.63, 3.8) is 0 Å². The van der Waals surface area contributed by atoms with Gasteiger partial charge in [-0.2, -0.15) is 11.8 Å². The Kier molecular flexibility index (Phi) is 7.64. The molecule has 0 rings (SSSR count). The third kappa shape index (κ3) is 7.62. The lowest BCUT2D eigenvalue weighted by Crippen LogP contribution is -2.24. The van der Waals surface area contributed by atoms with Crippen molar-refractivity contribution in [2.24, 2.45) is 0 Å². The van der Waals surface area contributed by atoms with E-state index in [0.717, 1.165) is 0 Å². The van der Waals surface area contributed by atoms with Crippen LogP contribution in [0.2, 0.25) is 0 Å². The van der Waals surface area contributed by atoms with Gasteiger partial charge in [-0.15, -0.1) is 0 Å². The molecule has 2 N–H and O–H groups in total. The molecule has 0 aliphatic rings. The van der Waals surface area contributed by atoms with E-state index in [4.69, 9.17) is 4.74 Å². The van der Waals surface area contributed by atoms with Gasteiger partial charge in [-0.05, 0) is 20.8 Å². The number of hydrogen-bond donors (Lipinski definition) is 2. The first-order valence-corrected chi connectivity index (χ1v) is 6.07. The van der Waals surface area contributed by atoms with Crippen LogP contribution in [-0.2, 0) is 4.74 Å². The quantitative estimate of drug-likeness (QED) is 0.681. The van der Waals surface area contributed by atoms with Crippen molar-refractivity contribution in [2.75, 3.05) is 12.4 Å². The molecule has 0 aromatic rings. The fourth-order valence-electron chi connectivity index (χ4n) is 0.754. The fourth-order valence-corrected chi connectivity index (χ4v) is 1.65. The molecular formula is C10H22O3S. The minimum absolute atomic E-state index is 0.156. The van der Waals surface area contributed by atoms with E-state index in [0.29, 0.717) is 12.4 Å². The molecule has 86 valence electrons. The van der Waals surface area contributed by atoms with Gasteiger partial charge in [0.15, 0.2) is 0 Å². The van der Waals surface area contributed by atoms with Gasteiger partial charge in [-0.3, -0.25) is 0 Å². The molecule has 0 amide bonds. The highest BCUT2D eigenvalue weighted by molar-refractivity contribution is 7.99.